The van der Waals surface area contributed by atoms with Crippen LogP contribution in [0.1, 0.15) is 24.8 Å². The Hall–Kier alpha value is -1.46. The standard InChI is InChI=1S/C18H26N2O3/c1-21-16-8-14(9-17-18(16)23-7-6-22-17)11-19-10-13-4-5-20(12-13)15-2-3-15/h8-9,13,15,19H,2-7,10-12H2,1H3. The van der Waals surface area contributed by atoms with Crippen LogP contribution in [-0.2, 0) is 6.54 Å². The van der Waals surface area contributed by atoms with E-state index in [1.54, 1.807) is 7.11 Å². The molecule has 2 fully saturated rings. The third-order valence-electron chi connectivity index (χ3n) is 5.03. The lowest BCUT2D eigenvalue weighted by Gasteiger charge is -2.21. The maximum Gasteiger partial charge on any atom is 0.203 e. The number of likely N-dealkylation sites (tertiary alicyclic amines) is 1. The largest absolute Gasteiger partial charge is 0.493 e. The van der Waals surface area contributed by atoms with Gasteiger partial charge in [0.1, 0.15) is 13.2 Å². The predicted molar refractivity (Wildman–Crippen MR) is 88.4 cm³/mol. The van der Waals surface area contributed by atoms with Crippen LogP contribution in [-0.4, -0.2) is 50.9 Å². The molecule has 1 saturated carbocycles. The molecule has 0 spiro atoms. The zero-order valence-corrected chi connectivity index (χ0v) is 13.8. The number of nitrogens with one attached hydrogen (secondary N) is 1. The van der Waals surface area contributed by atoms with Gasteiger partial charge in [-0.15, -0.1) is 0 Å². The Morgan fingerprint density at radius 3 is 2.91 bits per heavy atom. The van der Waals surface area contributed by atoms with E-state index in [0.717, 1.165) is 42.3 Å². The fourth-order valence-corrected chi connectivity index (χ4v) is 3.65. The van der Waals surface area contributed by atoms with E-state index in [1.807, 2.05) is 6.07 Å². The molecular formula is C18H26N2O3. The number of benzene rings is 1. The van der Waals surface area contributed by atoms with Crippen molar-refractivity contribution in [3.8, 4) is 17.2 Å². The quantitative estimate of drug-likeness (QED) is 0.869. The number of methoxy groups -OCH3 is 1. The van der Waals surface area contributed by atoms with Crippen molar-refractivity contribution in [2.75, 3.05) is 40.0 Å². The minimum Gasteiger partial charge on any atom is -0.493 e. The highest BCUT2D eigenvalue weighted by Crippen LogP contribution is 2.40. The Balaban J connectivity index is 1.32. The van der Waals surface area contributed by atoms with E-state index in [1.165, 1.54) is 37.9 Å². The number of fused-ring (bicyclic) bond motifs is 1. The Bertz CT molecular complexity index is 542. The molecule has 0 aromatic heterocycles. The molecule has 1 saturated heterocycles. The van der Waals surface area contributed by atoms with Gasteiger partial charge in [0.2, 0.25) is 5.75 Å². The summed E-state index contributed by atoms with van der Waals surface area (Å²) in [5.41, 5.74) is 1.18. The van der Waals surface area contributed by atoms with Crippen molar-refractivity contribution in [3.63, 3.8) is 0 Å². The Morgan fingerprint density at radius 2 is 2.09 bits per heavy atom. The van der Waals surface area contributed by atoms with E-state index in [-0.39, 0.29) is 0 Å². The van der Waals surface area contributed by atoms with E-state index in [2.05, 4.69) is 16.3 Å². The van der Waals surface area contributed by atoms with Gasteiger partial charge in [0.15, 0.2) is 11.5 Å². The molecule has 5 heteroatoms. The number of ether oxygens (including phenoxy) is 3. The summed E-state index contributed by atoms with van der Waals surface area (Å²) in [6.45, 7) is 5.66. The first-order valence-electron chi connectivity index (χ1n) is 8.75. The highest BCUT2D eigenvalue weighted by atomic mass is 16.6. The van der Waals surface area contributed by atoms with Crippen LogP contribution < -0.4 is 19.5 Å². The highest BCUT2D eigenvalue weighted by Gasteiger charge is 2.34. The summed E-state index contributed by atoms with van der Waals surface area (Å²) in [5, 5.41) is 3.60. The minimum absolute atomic E-state index is 0.583. The Morgan fingerprint density at radius 1 is 1.22 bits per heavy atom. The maximum absolute atomic E-state index is 5.69. The van der Waals surface area contributed by atoms with Crippen molar-refractivity contribution >= 4 is 0 Å². The van der Waals surface area contributed by atoms with Crippen LogP contribution in [0.4, 0.5) is 0 Å². The number of rotatable bonds is 6. The van der Waals surface area contributed by atoms with Gasteiger partial charge >= 0.3 is 0 Å². The molecule has 1 atom stereocenters. The minimum atomic E-state index is 0.583. The topological polar surface area (TPSA) is 43.0 Å². The monoisotopic (exact) mass is 318 g/mol. The highest BCUT2D eigenvalue weighted by molar-refractivity contribution is 5.54. The third-order valence-corrected chi connectivity index (χ3v) is 5.03. The third kappa shape index (κ3) is 3.40. The molecule has 5 nitrogen and oxygen atoms in total. The molecule has 4 rings (SSSR count). The van der Waals surface area contributed by atoms with E-state index >= 15 is 0 Å². The molecule has 126 valence electrons. The summed E-state index contributed by atoms with van der Waals surface area (Å²) in [5.74, 6) is 3.08. The summed E-state index contributed by atoms with van der Waals surface area (Å²) in [6, 6.07) is 5.02. The molecule has 23 heavy (non-hydrogen) atoms. The van der Waals surface area contributed by atoms with Gasteiger partial charge in [-0.2, -0.15) is 0 Å². The molecule has 1 unspecified atom stereocenters. The van der Waals surface area contributed by atoms with Crippen molar-refractivity contribution in [1.82, 2.24) is 10.2 Å². The Kier molecular flexibility index (Phi) is 4.31. The average molecular weight is 318 g/mol. The zero-order valence-electron chi connectivity index (χ0n) is 13.8. The van der Waals surface area contributed by atoms with Gasteiger partial charge in [-0.25, -0.2) is 0 Å². The average Bonchev–Trinajstić information content (AvgIpc) is 3.33. The van der Waals surface area contributed by atoms with E-state index in [4.69, 9.17) is 14.2 Å². The van der Waals surface area contributed by atoms with Crippen molar-refractivity contribution < 1.29 is 14.2 Å². The molecule has 2 heterocycles. The van der Waals surface area contributed by atoms with Crippen molar-refractivity contribution in [2.24, 2.45) is 5.92 Å². The molecular weight excluding hydrogens is 292 g/mol. The van der Waals surface area contributed by atoms with Crippen LogP contribution >= 0.6 is 0 Å². The second-order valence-corrected chi connectivity index (χ2v) is 6.83. The zero-order chi connectivity index (χ0) is 15.6. The van der Waals surface area contributed by atoms with Gasteiger partial charge in [-0.1, -0.05) is 0 Å². The van der Waals surface area contributed by atoms with Crippen LogP contribution in [0.25, 0.3) is 0 Å². The second-order valence-electron chi connectivity index (χ2n) is 6.83. The molecule has 1 N–H and O–H groups in total. The predicted octanol–water partition coefficient (Wildman–Crippen LogP) is 2.04. The van der Waals surface area contributed by atoms with Gasteiger partial charge < -0.3 is 24.4 Å². The van der Waals surface area contributed by atoms with Crippen LogP contribution in [0.5, 0.6) is 17.2 Å². The van der Waals surface area contributed by atoms with Crippen LogP contribution in [0, 0.1) is 5.92 Å². The first kappa shape index (κ1) is 15.1. The Labute approximate surface area is 137 Å². The maximum atomic E-state index is 5.69. The molecule has 0 radical (unpaired) electrons. The lowest BCUT2D eigenvalue weighted by molar-refractivity contribution is 0.165. The van der Waals surface area contributed by atoms with Gasteiger partial charge in [-0.05, 0) is 56.0 Å². The van der Waals surface area contributed by atoms with E-state index < -0.39 is 0 Å². The normalized spacial score (nSPS) is 24.0. The second kappa shape index (κ2) is 6.57. The molecule has 1 aliphatic carbocycles. The fourth-order valence-electron chi connectivity index (χ4n) is 3.65. The first-order chi connectivity index (χ1) is 11.3. The van der Waals surface area contributed by atoms with Gasteiger partial charge in [0.05, 0.1) is 7.11 Å². The summed E-state index contributed by atoms with van der Waals surface area (Å²) < 4.78 is 16.8. The lowest BCUT2D eigenvalue weighted by Crippen LogP contribution is -2.27. The summed E-state index contributed by atoms with van der Waals surface area (Å²) in [7, 11) is 1.68. The summed E-state index contributed by atoms with van der Waals surface area (Å²) in [6.07, 6.45) is 4.15. The summed E-state index contributed by atoms with van der Waals surface area (Å²) in [4.78, 5) is 2.67. The van der Waals surface area contributed by atoms with Crippen LogP contribution in [0.15, 0.2) is 12.1 Å². The lowest BCUT2D eigenvalue weighted by atomic mass is 10.1. The molecule has 2 aliphatic heterocycles. The van der Waals surface area contributed by atoms with Crippen molar-refractivity contribution in [1.29, 1.82) is 0 Å². The molecule has 0 amide bonds. The van der Waals surface area contributed by atoms with Gasteiger partial charge in [0.25, 0.3) is 0 Å². The van der Waals surface area contributed by atoms with Crippen molar-refractivity contribution in [2.45, 2.75) is 31.8 Å². The first-order valence-corrected chi connectivity index (χ1v) is 8.75. The van der Waals surface area contributed by atoms with Crippen LogP contribution in [0.3, 0.4) is 0 Å². The number of hydrogen-bond acceptors (Lipinski definition) is 5. The molecule has 3 aliphatic rings. The molecule has 1 aromatic rings. The van der Waals surface area contributed by atoms with E-state index in [9.17, 15) is 0 Å². The molecule has 0 bridgehead atoms. The number of nitrogens with zero attached hydrogens (tertiary/aromatic N) is 1. The number of hydrogen-bond donors (Lipinski definition) is 1. The van der Waals surface area contributed by atoms with Crippen LogP contribution in [0.2, 0.25) is 0 Å². The van der Waals surface area contributed by atoms with E-state index in [0.29, 0.717) is 13.2 Å². The smallest absolute Gasteiger partial charge is 0.203 e. The van der Waals surface area contributed by atoms with Crippen molar-refractivity contribution in [3.05, 3.63) is 17.7 Å². The summed E-state index contributed by atoms with van der Waals surface area (Å²) >= 11 is 0. The fraction of sp³-hybridized carbons (Fsp3) is 0.667. The van der Waals surface area contributed by atoms with Gasteiger partial charge in [-0.3, -0.25) is 0 Å². The SMILES string of the molecule is COc1cc(CNCC2CCN(C3CC3)C2)cc2c1OCCO2. The molecule has 1 aromatic carbocycles. The van der Waals surface area contributed by atoms with Gasteiger partial charge in [0, 0.05) is 19.1 Å².